The summed E-state index contributed by atoms with van der Waals surface area (Å²) < 4.78 is 29.8. The van der Waals surface area contributed by atoms with Gasteiger partial charge in [0.15, 0.2) is 0 Å². The SMILES string of the molecule is CCc1c(C(=O)Nc2cc(S(=O)(=O)Nc3cccc(Cl)c3)ccc2O)cnn1-c1ccccc1. The summed E-state index contributed by atoms with van der Waals surface area (Å²) in [5, 5.41) is 17.6. The number of aromatic hydroxyl groups is 1. The molecule has 0 aliphatic heterocycles. The third kappa shape index (κ3) is 4.90. The number of phenols is 1. The average Bonchev–Trinajstić information content (AvgIpc) is 3.25. The number of hydrogen-bond donors (Lipinski definition) is 3. The van der Waals surface area contributed by atoms with Gasteiger partial charge >= 0.3 is 0 Å². The fourth-order valence-electron chi connectivity index (χ4n) is 3.43. The van der Waals surface area contributed by atoms with Crippen LogP contribution in [-0.2, 0) is 16.4 Å². The highest BCUT2D eigenvalue weighted by atomic mass is 35.5. The number of aromatic nitrogens is 2. The third-order valence-electron chi connectivity index (χ3n) is 5.05. The Balaban J connectivity index is 1.61. The molecule has 1 heterocycles. The van der Waals surface area contributed by atoms with Gasteiger partial charge in [-0.3, -0.25) is 9.52 Å². The van der Waals surface area contributed by atoms with Crippen molar-refractivity contribution in [2.24, 2.45) is 0 Å². The second-order valence-corrected chi connectivity index (χ2v) is 9.47. The van der Waals surface area contributed by atoms with Crippen LogP contribution in [0.1, 0.15) is 23.0 Å². The molecule has 0 saturated carbocycles. The molecule has 0 radical (unpaired) electrons. The van der Waals surface area contributed by atoms with E-state index < -0.39 is 15.9 Å². The van der Waals surface area contributed by atoms with Gasteiger partial charge in [0.05, 0.1) is 39.4 Å². The van der Waals surface area contributed by atoms with E-state index in [2.05, 4.69) is 15.1 Å². The predicted molar refractivity (Wildman–Crippen MR) is 131 cm³/mol. The van der Waals surface area contributed by atoms with Crippen molar-refractivity contribution in [1.82, 2.24) is 9.78 Å². The molecule has 4 rings (SSSR count). The zero-order valence-electron chi connectivity index (χ0n) is 18.1. The van der Waals surface area contributed by atoms with Gasteiger partial charge in [-0.1, -0.05) is 42.8 Å². The van der Waals surface area contributed by atoms with Crippen molar-refractivity contribution in [2.75, 3.05) is 10.0 Å². The lowest BCUT2D eigenvalue weighted by molar-refractivity contribution is 0.102. The number of nitrogens with one attached hydrogen (secondary N) is 2. The zero-order chi connectivity index (χ0) is 24.3. The van der Waals surface area contributed by atoms with E-state index in [1.165, 1.54) is 30.5 Å². The third-order valence-corrected chi connectivity index (χ3v) is 6.67. The first-order valence-corrected chi connectivity index (χ1v) is 12.2. The largest absolute Gasteiger partial charge is 0.506 e. The normalized spacial score (nSPS) is 11.2. The molecule has 0 saturated heterocycles. The zero-order valence-corrected chi connectivity index (χ0v) is 19.6. The summed E-state index contributed by atoms with van der Waals surface area (Å²) in [5.74, 6) is -0.796. The highest BCUT2D eigenvalue weighted by Crippen LogP contribution is 2.29. The van der Waals surface area contributed by atoms with E-state index in [1.54, 1.807) is 22.9 Å². The molecule has 0 fully saturated rings. The number of halogens is 1. The monoisotopic (exact) mass is 496 g/mol. The summed E-state index contributed by atoms with van der Waals surface area (Å²) in [6.07, 6.45) is 1.97. The van der Waals surface area contributed by atoms with Gasteiger partial charge in [-0.05, 0) is 55.0 Å². The minimum absolute atomic E-state index is 0.0477. The van der Waals surface area contributed by atoms with Gasteiger partial charge in [-0.25, -0.2) is 13.1 Å². The molecule has 1 amide bonds. The summed E-state index contributed by atoms with van der Waals surface area (Å²) >= 11 is 5.92. The smallest absolute Gasteiger partial charge is 0.261 e. The first kappa shape index (κ1) is 23.3. The summed E-state index contributed by atoms with van der Waals surface area (Å²) in [5.41, 5.74) is 2.03. The second kappa shape index (κ2) is 9.58. The van der Waals surface area contributed by atoms with E-state index in [4.69, 9.17) is 11.6 Å². The van der Waals surface area contributed by atoms with Crippen molar-refractivity contribution in [1.29, 1.82) is 0 Å². The summed E-state index contributed by atoms with van der Waals surface area (Å²) in [6, 6.07) is 19.3. The summed E-state index contributed by atoms with van der Waals surface area (Å²) in [4.78, 5) is 12.9. The van der Waals surface area contributed by atoms with Crippen molar-refractivity contribution < 1.29 is 18.3 Å². The van der Waals surface area contributed by atoms with Crippen LogP contribution in [0, 0.1) is 0 Å². The minimum Gasteiger partial charge on any atom is -0.506 e. The minimum atomic E-state index is -4.00. The molecule has 0 spiro atoms. The lowest BCUT2D eigenvalue weighted by Crippen LogP contribution is -2.16. The lowest BCUT2D eigenvalue weighted by atomic mass is 10.1. The number of nitrogens with zero attached hydrogens (tertiary/aromatic N) is 2. The van der Waals surface area contributed by atoms with Crippen LogP contribution in [0.3, 0.4) is 0 Å². The van der Waals surface area contributed by atoms with Crippen molar-refractivity contribution in [3.63, 3.8) is 0 Å². The van der Waals surface area contributed by atoms with Gasteiger partial charge in [0.1, 0.15) is 5.75 Å². The predicted octanol–water partition coefficient (Wildman–Crippen LogP) is 4.85. The number of amides is 1. The van der Waals surface area contributed by atoms with E-state index in [0.717, 1.165) is 5.69 Å². The van der Waals surface area contributed by atoms with Gasteiger partial charge < -0.3 is 10.4 Å². The topological polar surface area (TPSA) is 113 Å². The van der Waals surface area contributed by atoms with Crippen molar-refractivity contribution in [2.45, 2.75) is 18.2 Å². The number of para-hydroxylation sites is 1. The molecule has 3 aromatic carbocycles. The Kier molecular flexibility index (Phi) is 6.58. The van der Waals surface area contributed by atoms with Crippen LogP contribution in [0.15, 0.2) is 83.9 Å². The Labute approximate surface area is 201 Å². The molecular formula is C24H21ClN4O4S. The Morgan fingerprint density at radius 3 is 2.53 bits per heavy atom. The fraction of sp³-hybridized carbons (Fsp3) is 0.0833. The Hall–Kier alpha value is -3.82. The highest BCUT2D eigenvalue weighted by Gasteiger charge is 2.21. The molecule has 1 aromatic heterocycles. The maximum absolute atomic E-state index is 13.0. The van der Waals surface area contributed by atoms with E-state index in [-0.39, 0.29) is 22.0 Å². The van der Waals surface area contributed by atoms with Gasteiger partial charge in [-0.15, -0.1) is 0 Å². The van der Waals surface area contributed by atoms with E-state index >= 15 is 0 Å². The molecule has 0 aliphatic rings. The quantitative estimate of drug-likeness (QED) is 0.317. The van der Waals surface area contributed by atoms with Gasteiger partial charge in [0.2, 0.25) is 0 Å². The molecule has 3 N–H and O–H groups in total. The molecule has 0 unspecified atom stereocenters. The van der Waals surface area contributed by atoms with Crippen LogP contribution in [0.5, 0.6) is 5.75 Å². The first-order chi connectivity index (χ1) is 16.3. The van der Waals surface area contributed by atoms with Gasteiger partial charge in [0, 0.05) is 5.02 Å². The van der Waals surface area contributed by atoms with Crippen molar-refractivity contribution >= 4 is 38.9 Å². The van der Waals surface area contributed by atoms with Crippen LogP contribution in [0.25, 0.3) is 5.69 Å². The second-order valence-electron chi connectivity index (χ2n) is 7.35. The molecule has 174 valence electrons. The van der Waals surface area contributed by atoms with Crippen LogP contribution in [0.4, 0.5) is 11.4 Å². The Bertz CT molecular complexity index is 1450. The number of carbonyl (C=O) groups is 1. The highest BCUT2D eigenvalue weighted by molar-refractivity contribution is 7.92. The van der Waals surface area contributed by atoms with Crippen LogP contribution < -0.4 is 10.0 Å². The van der Waals surface area contributed by atoms with Crippen LogP contribution in [0.2, 0.25) is 5.02 Å². The average molecular weight is 497 g/mol. The molecule has 0 aliphatic carbocycles. The molecule has 10 heteroatoms. The number of hydrogen-bond acceptors (Lipinski definition) is 5. The van der Waals surface area contributed by atoms with Crippen molar-refractivity contribution in [3.8, 4) is 11.4 Å². The standard InChI is InChI=1S/C24H21ClN4O4S/c1-2-22-20(15-26-29(22)18-9-4-3-5-10-18)24(31)27-21-14-19(11-12-23(21)30)34(32,33)28-17-8-6-7-16(25)13-17/h3-15,28,30H,2H2,1H3,(H,27,31). The maximum Gasteiger partial charge on any atom is 0.261 e. The Morgan fingerprint density at radius 2 is 1.82 bits per heavy atom. The van der Waals surface area contributed by atoms with Gasteiger partial charge in [0.25, 0.3) is 15.9 Å². The van der Waals surface area contributed by atoms with Gasteiger partial charge in [-0.2, -0.15) is 5.10 Å². The molecule has 34 heavy (non-hydrogen) atoms. The van der Waals surface area contributed by atoms with Crippen LogP contribution in [-0.4, -0.2) is 29.2 Å². The lowest BCUT2D eigenvalue weighted by Gasteiger charge is -2.12. The molecular weight excluding hydrogens is 476 g/mol. The maximum atomic E-state index is 13.0. The fourth-order valence-corrected chi connectivity index (χ4v) is 4.70. The molecule has 8 nitrogen and oxygen atoms in total. The number of sulfonamides is 1. The molecule has 0 bridgehead atoms. The number of rotatable bonds is 7. The molecule has 4 aromatic rings. The summed E-state index contributed by atoms with van der Waals surface area (Å²) in [6.45, 7) is 1.90. The van der Waals surface area contributed by atoms with Crippen molar-refractivity contribution in [3.05, 3.63) is 95.3 Å². The van der Waals surface area contributed by atoms with Crippen LogP contribution >= 0.6 is 11.6 Å². The number of benzene rings is 3. The number of carbonyl (C=O) groups excluding carboxylic acids is 1. The number of anilines is 2. The number of phenolic OH excluding ortho intramolecular Hbond substituents is 1. The van der Waals surface area contributed by atoms with E-state index in [0.29, 0.717) is 22.7 Å². The summed E-state index contributed by atoms with van der Waals surface area (Å²) in [7, 11) is -4.00. The van der Waals surface area contributed by atoms with E-state index in [9.17, 15) is 18.3 Å². The first-order valence-electron chi connectivity index (χ1n) is 10.3. The molecule has 0 atom stereocenters. The van der Waals surface area contributed by atoms with E-state index in [1.807, 2.05) is 37.3 Å². The Morgan fingerprint density at radius 1 is 1.06 bits per heavy atom.